The van der Waals surface area contributed by atoms with Gasteiger partial charge in [0.05, 0.1) is 0 Å². The maximum absolute atomic E-state index is 14.8. The van der Waals surface area contributed by atoms with Gasteiger partial charge in [-0.3, -0.25) is 4.90 Å². The van der Waals surface area contributed by atoms with Gasteiger partial charge in [-0.15, -0.1) is 0 Å². The summed E-state index contributed by atoms with van der Waals surface area (Å²) < 4.78 is 14.8. The first-order valence-corrected chi connectivity index (χ1v) is 13.3. The normalized spacial score (nSPS) is 21.2. The molecule has 0 amide bonds. The van der Waals surface area contributed by atoms with Crippen LogP contribution in [0.4, 0.5) is 4.39 Å². The summed E-state index contributed by atoms with van der Waals surface area (Å²) in [5, 5.41) is 0. The summed E-state index contributed by atoms with van der Waals surface area (Å²) in [6.45, 7) is 5.04. The molecule has 0 aromatic heterocycles. The van der Waals surface area contributed by atoms with E-state index in [9.17, 15) is 4.39 Å². The highest BCUT2D eigenvalue weighted by molar-refractivity contribution is 5.97. The number of benzene rings is 2. The van der Waals surface area contributed by atoms with E-state index >= 15 is 0 Å². The van der Waals surface area contributed by atoms with Crippen molar-refractivity contribution in [2.24, 2.45) is 4.99 Å². The van der Waals surface area contributed by atoms with Crippen LogP contribution >= 0.6 is 0 Å². The van der Waals surface area contributed by atoms with Crippen molar-refractivity contribution in [2.45, 2.75) is 25.2 Å². The summed E-state index contributed by atoms with van der Waals surface area (Å²) in [7, 11) is 0. The molecule has 0 bridgehead atoms. The zero-order chi connectivity index (χ0) is 25.0. The fraction of sp³-hybridized carbons (Fsp3) is 0.273. The smallest absolute Gasteiger partial charge is 0.173 e. The van der Waals surface area contributed by atoms with Crippen molar-refractivity contribution in [1.82, 2.24) is 9.80 Å². The van der Waals surface area contributed by atoms with Crippen LogP contribution in [-0.2, 0) is 0 Å². The van der Waals surface area contributed by atoms with Crippen molar-refractivity contribution in [3.63, 3.8) is 0 Å². The van der Waals surface area contributed by atoms with Gasteiger partial charge in [0, 0.05) is 44.9 Å². The molecular formula is C33H32FN3. The van der Waals surface area contributed by atoms with Gasteiger partial charge in [-0.2, -0.15) is 0 Å². The second kappa shape index (κ2) is 10.7. The van der Waals surface area contributed by atoms with Crippen molar-refractivity contribution >= 4 is 11.8 Å². The molecule has 1 atom stereocenters. The molecule has 2 aliphatic carbocycles. The van der Waals surface area contributed by atoms with Crippen LogP contribution in [0.1, 0.15) is 41.9 Å². The molecule has 0 radical (unpaired) electrons. The summed E-state index contributed by atoms with van der Waals surface area (Å²) in [5.74, 6) is 0.733. The van der Waals surface area contributed by atoms with Crippen LogP contribution in [0.5, 0.6) is 0 Å². The highest BCUT2D eigenvalue weighted by atomic mass is 19.1. The minimum absolute atomic E-state index is 0.0182. The van der Waals surface area contributed by atoms with E-state index in [-0.39, 0.29) is 11.7 Å². The van der Waals surface area contributed by atoms with Gasteiger partial charge < -0.3 is 4.90 Å². The molecular weight excluding hydrogens is 457 g/mol. The number of aliphatic imine (C=N–C) groups is 1. The molecule has 0 saturated carbocycles. The van der Waals surface area contributed by atoms with Crippen LogP contribution in [0.15, 0.2) is 113 Å². The fourth-order valence-electron chi connectivity index (χ4n) is 5.75. The Kier molecular flexibility index (Phi) is 6.86. The number of piperazine rings is 1. The molecule has 186 valence electrons. The second-order valence-electron chi connectivity index (χ2n) is 10.1. The molecule has 3 nitrogen and oxygen atoms in total. The van der Waals surface area contributed by atoms with Crippen LogP contribution in [-0.4, -0.2) is 48.7 Å². The summed E-state index contributed by atoms with van der Waals surface area (Å²) in [6.07, 6.45) is 18.0. The van der Waals surface area contributed by atoms with E-state index in [0.717, 1.165) is 80.1 Å². The van der Waals surface area contributed by atoms with E-state index in [4.69, 9.17) is 4.99 Å². The Bertz CT molecular complexity index is 1390. The van der Waals surface area contributed by atoms with Gasteiger partial charge >= 0.3 is 0 Å². The third kappa shape index (κ3) is 5.09. The molecule has 6 rings (SSSR count). The molecule has 37 heavy (non-hydrogen) atoms. The van der Waals surface area contributed by atoms with Gasteiger partial charge in [-0.25, -0.2) is 9.38 Å². The maximum atomic E-state index is 14.8. The minimum atomic E-state index is -0.146. The lowest BCUT2D eigenvalue weighted by molar-refractivity contribution is 0.160. The lowest BCUT2D eigenvalue weighted by Gasteiger charge is -2.35. The van der Waals surface area contributed by atoms with Gasteiger partial charge in [-0.1, -0.05) is 84.1 Å². The zero-order valence-electron chi connectivity index (χ0n) is 21.1. The molecule has 4 heteroatoms. The van der Waals surface area contributed by atoms with Crippen LogP contribution in [0, 0.1) is 5.82 Å². The van der Waals surface area contributed by atoms with Gasteiger partial charge in [0.1, 0.15) is 5.82 Å². The first-order valence-electron chi connectivity index (χ1n) is 13.3. The highest BCUT2D eigenvalue weighted by Crippen LogP contribution is 2.43. The summed E-state index contributed by atoms with van der Waals surface area (Å²) in [4.78, 5) is 9.78. The predicted molar refractivity (Wildman–Crippen MR) is 150 cm³/mol. The van der Waals surface area contributed by atoms with Crippen molar-refractivity contribution < 1.29 is 4.39 Å². The van der Waals surface area contributed by atoms with Gasteiger partial charge in [0.25, 0.3) is 0 Å². The van der Waals surface area contributed by atoms with Crippen molar-refractivity contribution in [1.29, 1.82) is 0 Å². The van der Waals surface area contributed by atoms with E-state index in [1.54, 1.807) is 12.1 Å². The quantitative estimate of drug-likeness (QED) is 0.438. The number of hydrogen-bond acceptors (Lipinski definition) is 3. The van der Waals surface area contributed by atoms with Crippen LogP contribution in [0.25, 0.3) is 5.57 Å². The average Bonchev–Trinajstić information content (AvgIpc) is 3.33. The molecule has 1 saturated heterocycles. The molecule has 1 fully saturated rings. The van der Waals surface area contributed by atoms with Crippen LogP contribution < -0.4 is 0 Å². The number of halogens is 1. The molecule has 2 aliphatic heterocycles. The first-order chi connectivity index (χ1) is 18.3. The number of rotatable bonds is 5. The minimum Gasteiger partial charge on any atom is -0.347 e. The average molecular weight is 490 g/mol. The SMILES string of the molecule is Fc1ccccc1C1CC2=C(C=C=C(N3CCN(CCC4=CCC=CC=C4)CC3)N=C2)c2ccccc21. The Morgan fingerprint density at radius 3 is 2.62 bits per heavy atom. The Morgan fingerprint density at radius 2 is 1.76 bits per heavy atom. The van der Waals surface area contributed by atoms with E-state index in [1.807, 2.05) is 24.4 Å². The van der Waals surface area contributed by atoms with Crippen LogP contribution in [0.2, 0.25) is 0 Å². The third-order valence-corrected chi connectivity index (χ3v) is 7.83. The van der Waals surface area contributed by atoms with Crippen molar-refractivity contribution in [2.75, 3.05) is 32.7 Å². The highest BCUT2D eigenvalue weighted by Gasteiger charge is 2.29. The lowest BCUT2D eigenvalue weighted by atomic mass is 9.76. The molecule has 0 spiro atoms. The Balaban J connectivity index is 1.16. The molecule has 2 heterocycles. The Labute approximate surface area is 219 Å². The molecule has 2 aromatic rings. The summed E-state index contributed by atoms with van der Waals surface area (Å²) >= 11 is 0. The first kappa shape index (κ1) is 23.7. The lowest BCUT2D eigenvalue weighted by Crippen LogP contribution is -2.45. The third-order valence-electron chi connectivity index (χ3n) is 7.83. The molecule has 1 unspecified atom stereocenters. The number of hydrogen-bond donors (Lipinski definition) is 0. The Hall–Kier alpha value is -3.72. The molecule has 4 aliphatic rings. The van der Waals surface area contributed by atoms with Crippen molar-refractivity contribution in [3.05, 3.63) is 130 Å². The summed E-state index contributed by atoms with van der Waals surface area (Å²) in [6, 6.07) is 15.5. The predicted octanol–water partition coefficient (Wildman–Crippen LogP) is 6.65. The number of fused-ring (bicyclic) bond motifs is 2. The van der Waals surface area contributed by atoms with E-state index in [1.165, 1.54) is 11.1 Å². The van der Waals surface area contributed by atoms with Crippen LogP contribution in [0.3, 0.4) is 0 Å². The summed E-state index contributed by atoms with van der Waals surface area (Å²) in [5.41, 5.74) is 10.3. The largest absolute Gasteiger partial charge is 0.347 e. The Morgan fingerprint density at radius 1 is 0.946 bits per heavy atom. The van der Waals surface area contributed by atoms with Gasteiger partial charge in [-0.05, 0) is 59.2 Å². The van der Waals surface area contributed by atoms with E-state index < -0.39 is 0 Å². The second-order valence-corrected chi connectivity index (χ2v) is 10.1. The maximum Gasteiger partial charge on any atom is 0.173 e. The standard InChI is InChI=1S/C33H32FN3/c34-32-14-8-7-13-30(32)31-23-26-24-35-33(16-15-27(26)28-11-5-6-12-29(28)31)37-21-19-36(20-22-37)18-17-25-9-3-1-2-4-10-25/h1-3,5-15,24,31H,4,17-23H2. The fourth-order valence-corrected chi connectivity index (χ4v) is 5.75. The van der Waals surface area contributed by atoms with Gasteiger partial charge in [0.15, 0.2) is 5.82 Å². The van der Waals surface area contributed by atoms with Crippen molar-refractivity contribution in [3.8, 4) is 0 Å². The molecule has 0 N–H and O–H groups in total. The van der Waals surface area contributed by atoms with E-state index in [2.05, 4.69) is 70.2 Å². The topological polar surface area (TPSA) is 18.8 Å². The monoisotopic (exact) mass is 489 g/mol. The number of nitrogens with zero attached hydrogens (tertiary/aromatic N) is 3. The molecule has 2 aromatic carbocycles. The van der Waals surface area contributed by atoms with E-state index in [0.29, 0.717) is 0 Å². The number of allylic oxidation sites excluding steroid dienone is 8. The van der Waals surface area contributed by atoms with Gasteiger partial charge in [0.2, 0.25) is 0 Å². The zero-order valence-corrected chi connectivity index (χ0v) is 21.1.